The number of morpholine rings is 1. The minimum absolute atomic E-state index is 0.135. The Morgan fingerprint density at radius 2 is 1.78 bits per heavy atom. The molecule has 4 nitrogen and oxygen atoms in total. The Morgan fingerprint density at radius 1 is 1.22 bits per heavy atom. The highest BCUT2D eigenvalue weighted by atomic mass is 16.5. The van der Waals surface area contributed by atoms with E-state index in [1.54, 1.807) is 0 Å². The van der Waals surface area contributed by atoms with E-state index in [1.165, 1.54) is 6.42 Å². The van der Waals surface area contributed by atoms with Gasteiger partial charge in [-0.25, -0.2) is 0 Å². The van der Waals surface area contributed by atoms with Crippen molar-refractivity contribution in [3.63, 3.8) is 0 Å². The highest BCUT2D eigenvalue weighted by Gasteiger charge is 2.42. The molecule has 1 amide bonds. The van der Waals surface area contributed by atoms with E-state index in [1.807, 2.05) is 18.7 Å². The van der Waals surface area contributed by atoms with E-state index in [4.69, 9.17) is 10.5 Å². The summed E-state index contributed by atoms with van der Waals surface area (Å²) in [5.74, 6) is 0.270. The van der Waals surface area contributed by atoms with Crippen LogP contribution in [0.3, 0.4) is 0 Å². The lowest BCUT2D eigenvalue weighted by molar-refractivity contribution is -0.155. The average Bonchev–Trinajstić information content (AvgIpc) is 2.37. The van der Waals surface area contributed by atoms with Gasteiger partial charge in [0.05, 0.1) is 17.6 Å². The maximum absolute atomic E-state index is 12.8. The minimum Gasteiger partial charge on any atom is -0.372 e. The van der Waals surface area contributed by atoms with Gasteiger partial charge < -0.3 is 15.4 Å². The third kappa shape index (κ3) is 2.69. The molecule has 0 spiro atoms. The van der Waals surface area contributed by atoms with Crippen LogP contribution in [0.5, 0.6) is 0 Å². The number of nitrogens with zero attached hydrogens (tertiary/aromatic N) is 1. The number of nitrogens with two attached hydrogens (primary N) is 1. The van der Waals surface area contributed by atoms with E-state index in [0.29, 0.717) is 19.6 Å². The molecule has 1 heterocycles. The zero-order valence-corrected chi connectivity index (χ0v) is 11.7. The van der Waals surface area contributed by atoms with E-state index in [-0.39, 0.29) is 23.5 Å². The van der Waals surface area contributed by atoms with Crippen molar-refractivity contribution >= 4 is 5.91 Å². The molecule has 4 heteroatoms. The number of rotatable bonds is 2. The van der Waals surface area contributed by atoms with Gasteiger partial charge in [0, 0.05) is 19.6 Å². The molecule has 1 aliphatic carbocycles. The van der Waals surface area contributed by atoms with E-state index in [2.05, 4.69) is 0 Å². The molecule has 0 radical (unpaired) electrons. The quantitative estimate of drug-likeness (QED) is 0.813. The molecule has 2 unspecified atom stereocenters. The molecule has 1 aliphatic heterocycles. The summed E-state index contributed by atoms with van der Waals surface area (Å²) >= 11 is 0. The van der Waals surface area contributed by atoms with E-state index in [9.17, 15) is 4.79 Å². The first kappa shape index (κ1) is 13.8. The van der Waals surface area contributed by atoms with Gasteiger partial charge in [0.2, 0.25) is 5.91 Å². The Balaban J connectivity index is 2.08. The van der Waals surface area contributed by atoms with Crippen molar-refractivity contribution in [3.05, 3.63) is 0 Å². The number of carbonyl (C=O) groups is 1. The van der Waals surface area contributed by atoms with Crippen LogP contribution >= 0.6 is 0 Å². The Morgan fingerprint density at radius 3 is 2.28 bits per heavy atom. The first-order chi connectivity index (χ1) is 8.57. The predicted molar refractivity (Wildman–Crippen MR) is 71.2 cm³/mol. The van der Waals surface area contributed by atoms with Crippen molar-refractivity contribution in [1.29, 1.82) is 0 Å². The normalized spacial score (nSPS) is 32.3. The molecular weight excluding hydrogens is 228 g/mol. The van der Waals surface area contributed by atoms with Gasteiger partial charge in [0.15, 0.2) is 0 Å². The van der Waals surface area contributed by atoms with E-state index >= 15 is 0 Å². The fourth-order valence-electron chi connectivity index (χ4n) is 3.41. The first-order valence-corrected chi connectivity index (χ1v) is 7.22. The van der Waals surface area contributed by atoms with Crippen molar-refractivity contribution in [2.24, 2.45) is 11.1 Å². The molecule has 1 saturated heterocycles. The van der Waals surface area contributed by atoms with Crippen LogP contribution in [-0.2, 0) is 9.53 Å². The molecule has 18 heavy (non-hydrogen) atoms. The minimum atomic E-state index is -0.283. The Bertz CT molecular complexity index is 290. The largest absolute Gasteiger partial charge is 0.372 e. The van der Waals surface area contributed by atoms with Crippen LogP contribution < -0.4 is 5.73 Å². The maximum atomic E-state index is 12.8. The average molecular weight is 254 g/mol. The van der Waals surface area contributed by atoms with Crippen molar-refractivity contribution in [2.45, 2.75) is 58.2 Å². The zero-order valence-electron chi connectivity index (χ0n) is 11.7. The van der Waals surface area contributed by atoms with E-state index < -0.39 is 0 Å². The standard InChI is InChI=1S/C14H26N2O2/c1-11-8-16(9-12(2)18-11)13(17)14(10-15)6-4-3-5-7-14/h11-12H,3-10,15H2,1-2H3. The summed E-state index contributed by atoms with van der Waals surface area (Å²) in [5.41, 5.74) is 5.65. The summed E-state index contributed by atoms with van der Waals surface area (Å²) in [6, 6.07) is 0. The first-order valence-electron chi connectivity index (χ1n) is 7.22. The van der Waals surface area contributed by atoms with Crippen LogP contribution in [0.15, 0.2) is 0 Å². The van der Waals surface area contributed by atoms with Gasteiger partial charge in [-0.3, -0.25) is 4.79 Å². The van der Waals surface area contributed by atoms with Crippen LogP contribution in [0, 0.1) is 5.41 Å². The second kappa shape index (κ2) is 5.57. The lowest BCUT2D eigenvalue weighted by atomic mass is 9.73. The van der Waals surface area contributed by atoms with Crippen molar-refractivity contribution in [3.8, 4) is 0 Å². The summed E-state index contributed by atoms with van der Waals surface area (Å²) in [5, 5.41) is 0. The fraction of sp³-hybridized carbons (Fsp3) is 0.929. The Labute approximate surface area is 110 Å². The molecule has 0 bridgehead atoms. The molecule has 104 valence electrons. The van der Waals surface area contributed by atoms with Gasteiger partial charge in [-0.15, -0.1) is 0 Å². The monoisotopic (exact) mass is 254 g/mol. The lowest BCUT2D eigenvalue weighted by Gasteiger charge is -2.43. The highest BCUT2D eigenvalue weighted by Crippen LogP contribution is 2.37. The second-order valence-electron chi connectivity index (χ2n) is 6.01. The van der Waals surface area contributed by atoms with Crippen molar-refractivity contribution in [2.75, 3.05) is 19.6 Å². The van der Waals surface area contributed by atoms with Crippen LogP contribution in [-0.4, -0.2) is 42.6 Å². The SMILES string of the molecule is CC1CN(C(=O)C2(CN)CCCCC2)CC(C)O1. The summed E-state index contributed by atoms with van der Waals surface area (Å²) in [6.07, 6.45) is 5.71. The van der Waals surface area contributed by atoms with Crippen molar-refractivity contribution in [1.82, 2.24) is 4.90 Å². The predicted octanol–water partition coefficient (Wildman–Crippen LogP) is 1.53. The number of hydrogen-bond donors (Lipinski definition) is 1. The third-order valence-electron chi connectivity index (χ3n) is 4.36. The number of ether oxygens (including phenoxy) is 1. The third-order valence-corrected chi connectivity index (χ3v) is 4.36. The molecule has 2 atom stereocenters. The van der Waals surface area contributed by atoms with Gasteiger partial charge in [0.1, 0.15) is 0 Å². The Kier molecular flexibility index (Phi) is 4.28. The zero-order chi connectivity index (χ0) is 13.2. The molecule has 2 N–H and O–H groups in total. The van der Waals surface area contributed by atoms with Crippen LogP contribution in [0.25, 0.3) is 0 Å². The molecular formula is C14H26N2O2. The van der Waals surface area contributed by atoms with E-state index in [0.717, 1.165) is 25.7 Å². The summed E-state index contributed by atoms with van der Waals surface area (Å²) in [6.45, 7) is 5.99. The van der Waals surface area contributed by atoms with Gasteiger partial charge in [0.25, 0.3) is 0 Å². The van der Waals surface area contributed by atoms with Crippen LogP contribution in [0.4, 0.5) is 0 Å². The number of amides is 1. The van der Waals surface area contributed by atoms with Gasteiger partial charge in [-0.1, -0.05) is 19.3 Å². The fourth-order valence-corrected chi connectivity index (χ4v) is 3.41. The lowest BCUT2D eigenvalue weighted by Crippen LogP contribution is -2.55. The molecule has 2 fully saturated rings. The Hall–Kier alpha value is -0.610. The molecule has 0 aromatic carbocycles. The smallest absolute Gasteiger partial charge is 0.230 e. The van der Waals surface area contributed by atoms with Crippen molar-refractivity contribution < 1.29 is 9.53 Å². The molecule has 0 aromatic rings. The number of carbonyl (C=O) groups excluding carboxylic acids is 1. The van der Waals surface area contributed by atoms with Gasteiger partial charge in [-0.2, -0.15) is 0 Å². The molecule has 2 aliphatic rings. The molecule has 2 rings (SSSR count). The topological polar surface area (TPSA) is 55.6 Å². The van der Waals surface area contributed by atoms with Gasteiger partial charge in [-0.05, 0) is 26.7 Å². The number of hydrogen-bond acceptors (Lipinski definition) is 3. The highest BCUT2D eigenvalue weighted by molar-refractivity contribution is 5.83. The summed E-state index contributed by atoms with van der Waals surface area (Å²) in [4.78, 5) is 14.8. The molecule has 0 aromatic heterocycles. The van der Waals surface area contributed by atoms with Crippen LogP contribution in [0.2, 0.25) is 0 Å². The van der Waals surface area contributed by atoms with Crippen LogP contribution in [0.1, 0.15) is 46.0 Å². The van der Waals surface area contributed by atoms with Gasteiger partial charge >= 0.3 is 0 Å². The maximum Gasteiger partial charge on any atom is 0.230 e. The summed E-state index contributed by atoms with van der Waals surface area (Å²) in [7, 11) is 0. The molecule has 1 saturated carbocycles. The summed E-state index contributed by atoms with van der Waals surface area (Å²) < 4.78 is 5.70. The second-order valence-corrected chi connectivity index (χ2v) is 6.01.